The largest absolute Gasteiger partial charge is 0.435 e. The molecule has 0 spiro atoms. The minimum Gasteiger partial charge on any atom is -0.435 e. The molecule has 0 heterocycles. The van der Waals surface area contributed by atoms with Crippen molar-refractivity contribution in [2.45, 2.75) is 38.3 Å². The van der Waals surface area contributed by atoms with E-state index < -0.39 is 6.61 Å². The number of alkyl halides is 2. The zero-order valence-corrected chi connectivity index (χ0v) is 12.2. The number of aryl methyl sites for hydroxylation is 1. The summed E-state index contributed by atoms with van der Waals surface area (Å²) in [6, 6.07) is 6.67. The average Bonchev–Trinajstić information content (AvgIpc) is 2.46. The van der Waals surface area contributed by atoms with Gasteiger partial charge in [-0.25, -0.2) is 0 Å². The third-order valence-electron chi connectivity index (χ3n) is 3.39. The Hall–Kier alpha value is -1.64. The summed E-state index contributed by atoms with van der Waals surface area (Å²) < 4.78 is 28.4. The van der Waals surface area contributed by atoms with E-state index in [1.165, 1.54) is 0 Å². The lowest BCUT2D eigenvalue weighted by molar-refractivity contribution is -0.0498. The second-order valence-electron chi connectivity index (χ2n) is 5.17. The molecular weight excluding hydrogens is 274 g/mol. The van der Waals surface area contributed by atoms with Gasteiger partial charge in [-0.2, -0.15) is 8.78 Å². The highest BCUT2D eigenvalue weighted by molar-refractivity contribution is 5.27. The Labute approximate surface area is 124 Å². The predicted molar refractivity (Wildman–Crippen MR) is 80.3 cm³/mol. The monoisotopic (exact) mass is 296 g/mol. The van der Waals surface area contributed by atoms with E-state index in [0.29, 0.717) is 13.0 Å². The van der Waals surface area contributed by atoms with Crippen molar-refractivity contribution >= 4 is 0 Å². The maximum atomic E-state index is 12.1. The fourth-order valence-electron chi connectivity index (χ4n) is 1.96. The molecule has 1 rings (SSSR count). The summed E-state index contributed by atoms with van der Waals surface area (Å²) in [4.78, 5) is 0. The van der Waals surface area contributed by atoms with Crippen molar-refractivity contribution in [3.8, 4) is 18.1 Å². The SMILES string of the molecule is C#CCCNC(C)(CN)CCc1ccc(OC(F)F)cc1. The first kappa shape index (κ1) is 17.4. The second kappa shape index (κ2) is 8.60. The number of hydrogen-bond acceptors (Lipinski definition) is 3. The summed E-state index contributed by atoms with van der Waals surface area (Å²) in [5, 5.41) is 3.36. The van der Waals surface area contributed by atoms with E-state index in [9.17, 15) is 8.78 Å². The molecule has 21 heavy (non-hydrogen) atoms. The number of nitrogens with two attached hydrogens (primary N) is 1. The van der Waals surface area contributed by atoms with Gasteiger partial charge in [-0.3, -0.25) is 0 Å². The van der Waals surface area contributed by atoms with Gasteiger partial charge in [0.25, 0.3) is 0 Å². The first-order valence-electron chi connectivity index (χ1n) is 6.91. The van der Waals surface area contributed by atoms with Gasteiger partial charge in [-0.05, 0) is 37.5 Å². The smallest absolute Gasteiger partial charge is 0.387 e. The van der Waals surface area contributed by atoms with Crippen molar-refractivity contribution in [1.82, 2.24) is 5.32 Å². The van der Waals surface area contributed by atoms with Crippen LogP contribution in [0, 0.1) is 12.3 Å². The van der Waals surface area contributed by atoms with Crippen molar-refractivity contribution in [3.63, 3.8) is 0 Å². The zero-order chi connectivity index (χ0) is 15.7. The number of nitrogens with one attached hydrogen (secondary N) is 1. The van der Waals surface area contributed by atoms with E-state index in [0.717, 1.165) is 24.9 Å². The van der Waals surface area contributed by atoms with Crippen LogP contribution in [0.5, 0.6) is 5.75 Å². The summed E-state index contributed by atoms with van der Waals surface area (Å²) in [7, 11) is 0. The predicted octanol–water partition coefficient (Wildman–Crippen LogP) is 2.55. The molecule has 0 radical (unpaired) electrons. The molecule has 0 aliphatic heterocycles. The molecule has 5 heteroatoms. The number of benzene rings is 1. The Morgan fingerprint density at radius 1 is 1.38 bits per heavy atom. The Kier molecular flexibility index (Phi) is 7.13. The minimum absolute atomic E-state index is 0.169. The molecule has 0 aromatic heterocycles. The van der Waals surface area contributed by atoms with Crippen molar-refractivity contribution in [2.75, 3.05) is 13.1 Å². The van der Waals surface area contributed by atoms with E-state index in [1.807, 2.05) is 0 Å². The van der Waals surface area contributed by atoms with E-state index in [4.69, 9.17) is 12.2 Å². The van der Waals surface area contributed by atoms with E-state index in [-0.39, 0.29) is 11.3 Å². The van der Waals surface area contributed by atoms with Crippen LogP contribution in [-0.4, -0.2) is 25.2 Å². The van der Waals surface area contributed by atoms with Crippen LogP contribution in [0.1, 0.15) is 25.3 Å². The molecule has 3 nitrogen and oxygen atoms in total. The van der Waals surface area contributed by atoms with Crippen LogP contribution in [0.4, 0.5) is 8.78 Å². The van der Waals surface area contributed by atoms with E-state index >= 15 is 0 Å². The number of hydrogen-bond donors (Lipinski definition) is 2. The molecule has 0 saturated carbocycles. The third-order valence-corrected chi connectivity index (χ3v) is 3.39. The molecule has 1 atom stereocenters. The van der Waals surface area contributed by atoms with Crippen molar-refractivity contribution < 1.29 is 13.5 Å². The molecular formula is C16H22F2N2O. The van der Waals surface area contributed by atoms with Crippen LogP contribution in [0.3, 0.4) is 0 Å². The normalized spacial score (nSPS) is 13.7. The van der Waals surface area contributed by atoms with Gasteiger partial charge in [-0.1, -0.05) is 12.1 Å². The maximum Gasteiger partial charge on any atom is 0.387 e. The van der Waals surface area contributed by atoms with E-state index in [1.54, 1.807) is 24.3 Å². The van der Waals surface area contributed by atoms with Gasteiger partial charge in [0, 0.05) is 25.0 Å². The quantitative estimate of drug-likeness (QED) is 0.544. The highest BCUT2D eigenvalue weighted by atomic mass is 19.3. The van der Waals surface area contributed by atoms with Crippen LogP contribution < -0.4 is 15.8 Å². The summed E-state index contributed by atoms with van der Waals surface area (Å²) in [6.07, 6.45) is 7.52. The molecule has 0 aliphatic carbocycles. The van der Waals surface area contributed by atoms with E-state index in [2.05, 4.69) is 22.9 Å². The Balaban J connectivity index is 2.50. The molecule has 0 amide bonds. The topological polar surface area (TPSA) is 47.3 Å². The molecule has 1 aromatic carbocycles. The second-order valence-corrected chi connectivity index (χ2v) is 5.17. The van der Waals surface area contributed by atoms with Crippen molar-refractivity contribution in [3.05, 3.63) is 29.8 Å². The summed E-state index contributed by atoms with van der Waals surface area (Å²) in [5.74, 6) is 2.75. The lowest BCUT2D eigenvalue weighted by Crippen LogP contribution is -2.49. The minimum atomic E-state index is -2.79. The fourth-order valence-corrected chi connectivity index (χ4v) is 1.96. The van der Waals surface area contributed by atoms with Gasteiger partial charge in [0.1, 0.15) is 5.75 Å². The van der Waals surface area contributed by atoms with Gasteiger partial charge in [0.2, 0.25) is 0 Å². The Morgan fingerprint density at radius 2 is 2.05 bits per heavy atom. The van der Waals surface area contributed by atoms with Crippen LogP contribution in [0.25, 0.3) is 0 Å². The van der Waals surface area contributed by atoms with Gasteiger partial charge >= 0.3 is 6.61 Å². The standard InChI is InChI=1S/C16H22F2N2O/c1-3-4-11-20-16(2,12-19)10-9-13-5-7-14(8-6-13)21-15(17)18/h1,5-8,15,20H,4,9-12,19H2,2H3. The highest BCUT2D eigenvalue weighted by Crippen LogP contribution is 2.18. The van der Waals surface area contributed by atoms with Gasteiger partial charge in [0.05, 0.1) is 0 Å². The lowest BCUT2D eigenvalue weighted by Gasteiger charge is -2.29. The summed E-state index contributed by atoms with van der Waals surface area (Å²) >= 11 is 0. The number of halogens is 2. The van der Waals surface area contributed by atoms with Crippen LogP contribution in [0.2, 0.25) is 0 Å². The molecule has 0 fully saturated rings. The van der Waals surface area contributed by atoms with Crippen LogP contribution in [0.15, 0.2) is 24.3 Å². The molecule has 116 valence electrons. The zero-order valence-electron chi connectivity index (χ0n) is 12.2. The van der Waals surface area contributed by atoms with Gasteiger partial charge in [0.15, 0.2) is 0 Å². The molecule has 0 bridgehead atoms. The van der Waals surface area contributed by atoms with Crippen LogP contribution in [-0.2, 0) is 6.42 Å². The number of terminal acetylenes is 1. The van der Waals surface area contributed by atoms with Crippen molar-refractivity contribution in [1.29, 1.82) is 0 Å². The number of ether oxygens (including phenoxy) is 1. The first-order valence-corrected chi connectivity index (χ1v) is 6.91. The number of rotatable bonds is 9. The third kappa shape index (κ3) is 6.56. The molecule has 0 aliphatic rings. The highest BCUT2D eigenvalue weighted by Gasteiger charge is 2.20. The maximum absolute atomic E-state index is 12.1. The van der Waals surface area contributed by atoms with Crippen LogP contribution >= 0.6 is 0 Å². The van der Waals surface area contributed by atoms with Gasteiger partial charge in [-0.15, -0.1) is 12.3 Å². The fraction of sp³-hybridized carbons (Fsp3) is 0.500. The van der Waals surface area contributed by atoms with Gasteiger partial charge < -0.3 is 15.8 Å². The lowest BCUT2D eigenvalue weighted by atomic mass is 9.93. The molecule has 1 unspecified atom stereocenters. The first-order chi connectivity index (χ1) is 9.99. The summed E-state index contributed by atoms with van der Waals surface area (Å²) in [5.41, 5.74) is 6.68. The Morgan fingerprint density at radius 3 is 2.57 bits per heavy atom. The molecule has 1 aromatic rings. The Bertz CT molecular complexity index is 456. The average molecular weight is 296 g/mol. The summed E-state index contributed by atoms with van der Waals surface area (Å²) in [6.45, 7) is 0.490. The van der Waals surface area contributed by atoms with Crippen molar-refractivity contribution in [2.24, 2.45) is 5.73 Å². The molecule has 3 N–H and O–H groups in total. The molecule has 0 saturated heterocycles.